The average molecular weight is 419 g/mol. The summed E-state index contributed by atoms with van der Waals surface area (Å²) in [6, 6.07) is 17.9. The van der Waals surface area contributed by atoms with E-state index in [9.17, 15) is 14.6 Å². The molecule has 0 saturated carbocycles. The molecule has 2 atom stereocenters. The zero-order valence-electron chi connectivity index (χ0n) is 17.0. The first kappa shape index (κ1) is 19.8. The molecule has 3 heterocycles. The molecular weight excluding hydrogens is 397 g/mol. The van der Waals surface area contributed by atoms with Gasteiger partial charge in [0.1, 0.15) is 0 Å². The SMILES string of the molecule is COCC1=C2[C@@H](c3ccccc3)OB(O)C[C@@H]2n2c(=O)n(-c3ccccc3)c(=O)n2C1. The second kappa shape index (κ2) is 7.84. The first-order valence-corrected chi connectivity index (χ1v) is 10.2. The van der Waals surface area contributed by atoms with E-state index in [0.717, 1.165) is 16.7 Å². The standard InChI is InChI=1S/C22H22BN3O5/c1-30-14-16-13-24-21(27)25(17-10-6-3-7-11-17)22(28)26(24)18-12-23(29)31-20(19(16)18)15-8-4-2-5-9-15/h2-11,18,20,29H,12-14H2,1H3/t18-,20+/m0/s1. The van der Waals surface area contributed by atoms with E-state index in [1.54, 1.807) is 31.4 Å². The third-order valence-corrected chi connectivity index (χ3v) is 5.90. The lowest BCUT2D eigenvalue weighted by atomic mass is 9.71. The van der Waals surface area contributed by atoms with Gasteiger partial charge in [0, 0.05) is 13.4 Å². The highest BCUT2D eigenvalue weighted by Gasteiger charge is 2.44. The number of rotatable bonds is 4. The Morgan fingerprint density at radius 1 is 1.06 bits per heavy atom. The van der Waals surface area contributed by atoms with Gasteiger partial charge in [-0.25, -0.2) is 23.5 Å². The fourth-order valence-electron chi connectivity index (χ4n) is 4.63. The zero-order valence-corrected chi connectivity index (χ0v) is 17.0. The van der Waals surface area contributed by atoms with Crippen LogP contribution in [0.15, 0.2) is 81.4 Å². The molecule has 1 aromatic heterocycles. The maximum atomic E-state index is 13.4. The van der Waals surface area contributed by atoms with Gasteiger partial charge < -0.3 is 14.4 Å². The Morgan fingerprint density at radius 2 is 1.74 bits per heavy atom. The molecule has 1 saturated heterocycles. The zero-order chi connectivity index (χ0) is 21.5. The van der Waals surface area contributed by atoms with Crippen LogP contribution in [0, 0.1) is 0 Å². The van der Waals surface area contributed by atoms with E-state index in [0.29, 0.717) is 12.3 Å². The lowest BCUT2D eigenvalue weighted by Crippen LogP contribution is -2.44. The van der Waals surface area contributed by atoms with E-state index in [1.807, 2.05) is 36.4 Å². The van der Waals surface area contributed by atoms with Crippen molar-refractivity contribution in [3.8, 4) is 5.69 Å². The molecule has 2 aliphatic rings. The van der Waals surface area contributed by atoms with Gasteiger partial charge in [0.15, 0.2) is 0 Å². The molecule has 1 fully saturated rings. The average Bonchev–Trinajstić information content (AvgIpc) is 3.04. The number of hydrogen-bond acceptors (Lipinski definition) is 5. The van der Waals surface area contributed by atoms with E-state index in [2.05, 4.69) is 0 Å². The molecule has 1 N–H and O–H groups in total. The molecule has 31 heavy (non-hydrogen) atoms. The summed E-state index contributed by atoms with van der Waals surface area (Å²) in [5.41, 5.74) is 2.28. The van der Waals surface area contributed by atoms with Crippen LogP contribution >= 0.6 is 0 Å². The summed E-state index contributed by atoms with van der Waals surface area (Å²) >= 11 is 0. The molecular formula is C22H22BN3O5. The van der Waals surface area contributed by atoms with Gasteiger partial charge in [0.25, 0.3) is 0 Å². The van der Waals surface area contributed by atoms with Crippen LogP contribution in [-0.2, 0) is 15.9 Å². The Balaban J connectivity index is 1.72. The fourth-order valence-corrected chi connectivity index (χ4v) is 4.63. The summed E-state index contributed by atoms with van der Waals surface area (Å²) in [5.74, 6) is 0. The summed E-state index contributed by atoms with van der Waals surface area (Å²) in [6.45, 7) is 0.516. The predicted molar refractivity (Wildman–Crippen MR) is 115 cm³/mol. The fraction of sp³-hybridized carbons (Fsp3) is 0.273. The largest absolute Gasteiger partial charge is 0.457 e. The number of methoxy groups -OCH3 is 1. The molecule has 5 rings (SSSR count). The lowest BCUT2D eigenvalue weighted by Gasteiger charge is -2.40. The molecule has 9 heteroatoms. The van der Waals surface area contributed by atoms with E-state index in [-0.39, 0.29) is 12.9 Å². The van der Waals surface area contributed by atoms with Gasteiger partial charge in [0.05, 0.1) is 31.0 Å². The minimum absolute atomic E-state index is 0.171. The van der Waals surface area contributed by atoms with E-state index < -0.39 is 30.6 Å². The monoisotopic (exact) mass is 419 g/mol. The predicted octanol–water partition coefficient (Wildman–Crippen LogP) is 1.55. The Kier molecular flexibility index (Phi) is 5.01. The van der Waals surface area contributed by atoms with Gasteiger partial charge in [-0.15, -0.1) is 0 Å². The van der Waals surface area contributed by atoms with Crippen LogP contribution in [0.1, 0.15) is 17.7 Å². The van der Waals surface area contributed by atoms with E-state index in [1.165, 1.54) is 13.9 Å². The first-order chi connectivity index (χ1) is 15.1. The van der Waals surface area contributed by atoms with Crippen molar-refractivity contribution in [2.45, 2.75) is 25.0 Å². The summed E-state index contributed by atoms with van der Waals surface area (Å²) in [6.07, 6.45) is -0.361. The highest BCUT2D eigenvalue weighted by molar-refractivity contribution is 6.43. The second-order valence-corrected chi connectivity index (χ2v) is 7.76. The maximum absolute atomic E-state index is 13.4. The molecule has 0 bridgehead atoms. The van der Waals surface area contributed by atoms with Crippen LogP contribution in [-0.4, -0.2) is 39.8 Å². The molecule has 0 spiro atoms. The lowest BCUT2D eigenvalue weighted by molar-refractivity contribution is 0.140. The number of aromatic nitrogens is 3. The Morgan fingerprint density at radius 3 is 2.42 bits per heavy atom. The minimum atomic E-state index is -1.07. The molecule has 3 aromatic rings. The van der Waals surface area contributed by atoms with Crippen LogP contribution in [0.4, 0.5) is 0 Å². The van der Waals surface area contributed by atoms with Crippen LogP contribution in [0.2, 0.25) is 6.32 Å². The van der Waals surface area contributed by atoms with Gasteiger partial charge in [-0.2, -0.15) is 0 Å². The summed E-state index contributed by atoms with van der Waals surface area (Å²) in [4.78, 5) is 26.7. The first-order valence-electron chi connectivity index (χ1n) is 10.2. The Hall–Kier alpha value is -3.14. The van der Waals surface area contributed by atoms with Crippen molar-refractivity contribution < 1.29 is 14.4 Å². The molecule has 0 aliphatic carbocycles. The molecule has 2 aromatic carbocycles. The van der Waals surface area contributed by atoms with Crippen molar-refractivity contribution in [2.75, 3.05) is 13.7 Å². The highest BCUT2D eigenvalue weighted by atomic mass is 16.5. The van der Waals surface area contributed by atoms with E-state index >= 15 is 0 Å². The van der Waals surface area contributed by atoms with Gasteiger partial charge in [0.2, 0.25) is 0 Å². The topological polar surface area (TPSA) is 87.6 Å². The molecule has 2 aliphatic heterocycles. The molecule has 0 radical (unpaired) electrons. The highest BCUT2D eigenvalue weighted by Crippen LogP contribution is 2.44. The van der Waals surface area contributed by atoms with E-state index in [4.69, 9.17) is 9.39 Å². The molecule has 0 amide bonds. The molecule has 0 unspecified atom stereocenters. The van der Waals surface area contributed by atoms with Crippen molar-refractivity contribution >= 4 is 7.12 Å². The van der Waals surface area contributed by atoms with Crippen LogP contribution in [0.25, 0.3) is 5.69 Å². The smallest absolute Gasteiger partial charge is 0.427 e. The van der Waals surface area contributed by atoms with Gasteiger partial charge in [-0.1, -0.05) is 48.5 Å². The minimum Gasteiger partial charge on any atom is -0.427 e. The van der Waals surface area contributed by atoms with Crippen LogP contribution in [0.5, 0.6) is 0 Å². The van der Waals surface area contributed by atoms with Crippen molar-refractivity contribution in [3.63, 3.8) is 0 Å². The van der Waals surface area contributed by atoms with Gasteiger partial charge in [-0.05, 0) is 28.8 Å². The van der Waals surface area contributed by atoms with Crippen molar-refractivity contribution in [1.29, 1.82) is 0 Å². The summed E-state index contributed by atoms with van der Waals surface area (Å²) in [5, 5.41) is 10.5. The van der Waals surface area contributed by atoms with Crippen molar-refractivity contribution in [2.24, 2.45) is 0 Å². The number of para-hydroxylation sites is 1. The van der Waals surface area contributed by atoms with Crippen molar-refractivity contribution in [3.05, 3.63) is 98.3 Å². The van der Waals surface area contributed by atoms with Gasteiger partial charge >= 0.3 is 18.5 Å². The summed E-state index contributed by atoms with van der Waals surface area (Å²) in [7, 11) is 0.523. The normalized spacial score (nSPS) is 20.5. The summed E-state index contributed by atoms with van der Waals surface area (Å²) < 4.78 is 15.4. The van der Waals surface area contributed by atoms with Gasteiger partial charge in [-0.3, -0.25) is 0 Å². The second-order valence-electron chi connectivity index (χ2n) is 7.76. The van der Waals surface area contributed by atoms with Crippen LogP contribution < -0.4 is 11.4 Å². The Labute approximate surface area is 178 Å². The molecule has 158 valence electrons. The van der Waals surface area contributed by atoms with Crippen molar-refractivity contribution in [1.82, 2.24) is 13.9 Å². The third kappa shape index (κ3) is 3.22. The van der Waals surface area contributed by atoms with Crippen LogP contribution in [0.3, 0.4) is 0 Å². The molecule has 8 nitrogen and oxygen atoms in total. The quantitative estimate of drug-likeness (QED) is 0.512. The number of benzene rings is 2. The third-order valence-electron chi connectivity index (χ3n) is 5.90. The number of fused-ring (bicyclic) bond motifs is 3. The maximum Gasteiger partial charge on any atom is 0.457 e. The number of nitrogens with zero attached hydrogens (tertiary/aromatic N) is 3. The number of ether oxygens (including phenoxy) is 1. The Bertz CT molecular complexity index is 1250. The number of hydrogen-bond donors (Lipinski definition) is 1.